The van der Waals surface area contributed by atoms with Gasteiger partial charge in [0.15, 0.2) is 0 Å². The van der Waals surface area contributed by atoms with Crippen molar-refractivity contribution in [2.24, 2.45) is 0 Å². The molecule has 2 N–H and O–H groups in total. The summed E-state index contributed by atoms with van der Waals surface area (Å²) in [6, 6.07) is 10.3. The number of hydrogen-bond acceptors (Lipinski definition) is 4. The fraction of sp³-hybridized carbons (Fsp3) is 0.409. The van der Waals surface area contributed by atoms with Gasteiger partial charge in [-0.1, -0.05) is 6.07 Å². The molecule has 146 valence electrons. The first-order valence-electron chi connectivity index (χ1n) is 10.0. The van der Waals surface area contributed by atoms with Crippen LogP contribution in [-0.4, -0.2) is 33.2 Å². The van der Waals surface area contributed by atoms with Gasteiger partial charge in [0.1, 0.15) is 5.75 Å². The first kappa shape index (κ1) is 18.5. The Labute approximate surface area is 164 Å². The van der Waals surface area contributed by atoms with Crippen LogP contribution in [-0.2, 0) is 11.2 Å². The van der Waals surface area contributed by atoms with E-state index in [4.69, 9.17) is 4.74 Å². The lowest BCUT2D eigenvalue weighted by Gasteiger charge is -2.29. The number of H-pyrrole nitrogens is 1. The van der Waals surface area contributed by atoms with Gasteiger partial charge in [0.05, 0.1) is 17.8 Å². The van der Waals surface area contributed by atoms with Crippen LogP contribution in [0.1, 0.15) is 44.1 Å². The van der Waals surface area contributed by atoms with E-state index in [1.807, 2.05) is 36.7 Å². The van der Waals surface area contributed by atoms with Crippen LogP contribution in [0.25, 0.3) is 10.9 Å². The second-order valence-corrected chi connectivity index (χ2v) is 7.48. The van der Waals surface area contributed by atoms with Gasteiger partial charge < -0.3 is 10.1 Å². The number of aromatic nitrogens is 3. The topological polar surface area (TPSA) is 79.9 Å². The highest BCUT2D eigenvalue weighted by Crippen LogP contribution is 2.26. The third-order valence-corrected chi connectivity index (χ3v) is 5.34. The van der Waals surface area contributed by atoms with E-state index < -0.39 is 0 Å². The molecule has 1 aromatic carbocycles. The number of nitrogens with zero attached hydrogens (tertiary/aromatic N) is 2. The second-order valence-electron chi connectivity index (χ2n) is 7.48. The highest BCUT2D eigenvalue weighted by molar-refractivity contribution is 5.79. The number of nitrogens with one attached hydrogen (secondary N) is 2. The first-order valence-corrected chi connectivity index (χ1v) is 10.0. The SMILES string of the molecule is O=C(CCCc1cn[nH]c1)NC1CCC(Oc2ccc3ncccc3c2)CC1. The molecule has 3 aromatic rings. The van der Waals surface area contributed by atoms with Gasteiger partial charge in [-0.15, -0.1) is 0 Å². The quantitative estimate of drug-likeness (QED) is 0.656. The lowest BCUT2D eigenvalue weighted by molar-refractivity contribution is -0.122. The monoisotopic (exact) mass is 378 g/mol. The van der Waals surface area contributed by atoms with Crippen LogP contribution in [0.2, 0.25) is 0 Å². The molecular formula is C22H26N4O2. The van der Waals surface area contributed by atoms with Crippen LogP contribution in [0, 0.1) is 0 Å². The average molecular weight is 378 g/mol. The number of carbonyl (C=O) groups is 1. The summed E-state index contributed by atoms with van der Waals surface area (Å²) in [4.78, 5) is 16.5. The van der Waals surface area contributed by atoms with Gasteiger partial charge in [0.25, 0.3) is 0 Å². The Morgan fingerprint density at radius 1 is 1.21 bits per heavy atom. The molecule has 0 radical (unpaired) electrons. The van der Waals surface area contributed by atoms with E-state index in [0.717, 1.165) is 60.7 Å². The molecule has 0 bridgehead atoms. The zero-order chi connectivity index (χ0) is 19.2. The summed E-state index contributed by atoms with van der Waals surface area (Å²) in [5, 5.41) is 11.0. The van der Waals surface area contributed by atoms with Crippen molar-refractivity contribution >= 4 is 16.8 Å². The van der Waals surface area contributed by atoms with E-state index in [1.54, 1.807) is 6.20 Å². The van der Waals surface area contributed by atoms with Crippen molar-refractivity contribution in [1.82, 2.24) is 20.5 Å². The van der Waals surface area contributed by atoms with Crippen molar-refractivity contribution in [1.29, 1.82) is 0 Å². The molecule has 0 spiro atoms. The Bertz CT molecular complexity index is 902. The van der Waals surface area contributed by atoms with Gasteiger partial charge in [0, 0.05) is 30.2 Å². The number of amides is 1. The van der Waals surface area contributed by atoms with Gasteiger partial charge in [-0.3, -0.25) is 14.9 Å². The van der Waals surface area contributed by atoms with Crippen LogP contribution in [0.15, 0.2) is 48.9 Å². The van der Waals surface area contributed by atoms with Crippen LogP contribution < -0.4 is 10.1 Å². The number of benzene rings is 1. The smallest absolute Gasteiger partial charge is 0.220 e. The number of hydrogen-bond donors (Lipinski definition) is 2. The fourth-order valence-corrected chi connectivity index (χ4v) is 3.81. The molecule has 1 amide bonds. The molecule has 1 fully saturated rings. The maximum absolute atomic E-state index is 12.2. The highest BCUT2D eigenvalue weighted by atomic mass is 16.5. The Morgan fingerprint density at radius 2 is 2.11 bits per heavy atom. The number of rotatable bonds is 7. The molecule has 1 aliphatic carbocycles. The molecule has 0 atom stereocenters. The van der Waals surface area contributed by atoms with Crippen LogP contribution in [0.4, 0.5) is 0 Å². The molecule has 0 aliphatic heterocycles. The summed E-state index contributed by atoms with van der Waals surface area (Å²) in [5.41, 5.74) is 2.13. The van der Waals surface area contributed by atoms with Crippen molar-refractivity contribution in [3.8, 4) is 5.75 Å². The van der Waals surface area contributed by atoms with Gasteiger partial charge in [0.2, 0.25) is 5.91 Å². The minimum absolute atomic E-state index is 0.148. The summed E-state index contributed by atoms with van der Waals surface area (Å²) < 4.78 is 6.17. The van der Waals surface area contributed by atoms with Crippen molar-refractivity contribution in [2.45, 2.75) is 57.1 Å². The van der Waals surface area contributed by atoms with Gasteiger partial charge in [-0.25, -0.2) is 0 Å². The number of aryl methyl sites for hydroxylation is 1. The summed E-state index contributed by atoms with van der Waals surface area (Å²) >= 11 is 0. The number of pyridine rings is 1. The van der Waals surface area contributed by atoms with E-state index >= 15 is 0 Å². The molecule has 2 aromatic heterocycles. The fourth-order valence-electron chi connectivity index (χ4n) is 3.81. The molecule has 28 heavy (non-hydrogen) atoms. The Morgan fingerprint density at radius 3 is 2.93 bits per heavy atom. The van der Waals surface area contributed by atoms with Crippen LogP contribution >= 0.6 is 0 Å². The molecule has 6 heteroatoms. The van der Waals surface area contributed by atoms with E-state index in [2.05, 4.69) is 26.6 Å². The Balaban J connectivity index is 1.19. The number of carbonyl (C=O) groups excluding carboxylic acids is 1. The molecule has 1 aliphatic rings. The van der Waals surface area contributed by atoms with E-state index in [1.165, 1.54) is 0 Å². The van der Waals surface area contributed by atoms with Crippen molar-refractivity contribution in [3.05, 3.63) is 54.5 Å². The third kappa shape index (κ3) is 4.88. The first-order chi connectivity index (χ1) is 13.8. The molecule has 0 saturated heterocycles. The van der Waals surface area contributed by atoms with Crippen molar-refractivity contribution in [2.75, 3.05) is 0 Å². The summed E-state index contributed by atoms with van der Waals surface area (Å²) in [6.45, 7) is 0. The zero-order valence-corrected chi connectivity index (χ0v) is 15.9. The van der Waals surface area contributed by atoms with Crippen LogP contribution in [0.3, 0.4) is 0 Å². The zero-order valence-electron chi connectivity index (χ0n) is 15.9. The Hall–Kier alpha value is -2.89. The van der Waals surface area contributed by atoms with E-state index in [0.29, 0.717) is 6.42 Å². The predicted molar refractivity (Wildman–Crippen MR) is 108 cm³/mol. The summed E-state index contributed by atoms with van der Waals surface area (Å²) in [6.07, 6.45) is 11.9. The maximum Gasteiger partial charge on any atom is 0.220 e. The number of fused-ring (bicyclic) bond motifs is 1. The van der Waals surface area contributed by atoms with E-state index in [9.17, 15) is 4.79 Å². The highest BCUT2D eigenvalue weighted by Gasteiger charge is 2.23. The van der Waals surface area contributed by atoms with E-state index in [-0.39, 0.29) is 18.1 Å². The maximum atomic E-state index is 12.2. The molecule has 0 unspecified atom stereocenters. The summed E-state index contributed by atoms with van der Waals surface area (Å²) in [7, 11) is 0. The predicted octanol–water partition coefficient (Wildman–Crippen LogP) is 3.79. The minimum Gasteiger partial charge on any atom is -0.490 e. The largest absolute Gasteiger partial charge is 0.490 e. The third-order valence-electron chi connectivity index (χ3n) is 5.34. The average Bonchev–Trinajstić information content (AvgIpc) is 3.23. The van der Waals surface area contributed by atoms with Gasteiger partial charge >= 0.3 is 0 Å². The second kappa shape index (κ2) is 8.87. The van der Waals surface area contributed by atoms with Crippen LogP contribution in [0.5, 0.6) is 5.75 Å². The molecule has 6 nitrogen and oxygen atoms in total. The molecular weight excluding hydrogens is 352 g/mol. The number of aromatic amines is 1. The van der Waals surface area contributed by atoms with Crippen molar-refractivity contribution < 1.29 is 9.53 Å². The van der Waals surface area contributed by atoms with Gasteiger partial charge in [-0.05, 0) is 68.4 Å². The lowest BCUT2D eigenvalue weighted by atomic mass is 9.92. The summed E-state index contributed by atoms with van der Waals surface area (Å²) in [5.74, 6) is 1.04. The molecule has 2 heterocycles. The van der Waals surface area contributed by atoms with Gasteiger partial charge in [-0.2, -0.15) is 5.10 Å². The number of ether oxygens (including phenoxy) is 1. The standard InChI is InChI=1S/C22H26N4O2/c27-22(5-1-3-16-14-24-25-15-16)26-18-6-8-19(9-7-18)28-20-10-11-21-17(13-20)4-2-12-23-21/h2,4,10-15,18-19H,1,3,5-9H2,(H,24,25)(H,26,27). The normalized spacial score (nSPS) is 19.4. The minimum atomic E-state index is 0.148. The molecule has 4 rings (SSSR count). The lowest BCUT2D eigenvalue weighted by Crippen LogP contribution is -2.39. The Kier molecular flexibility index (Phi) is 5.85. The molecule has 1 saturated carbocycles. The van der Waals surface area contributed by atoms with Crippen molar-refractivity contribution in [3.63, 3.8) is 0 Å².